The molecule has 1 N–H and O–H groups in total. The minimum Gasteiger partial charge on any atom is -0.481 e. The third-order valence-corrected chi connectivity index (χ3v) is 8.83. The van der Waals surface area contributed by atoms with Gasteiger partial charge < -0.3 is 9.84 Å². The Morgan fingerprint density at radius 3 is 1.07 bits per heavy atom. The van der Waals surface area contributed by atoms with Crippen LogP contribution in [0.1, 0.15) is 226 Å². The van der Waals surface area contributed by atoms with Gasteiger partial charge in [0.15, 0.2) is 0 Å². The van der Waals surface area contributed by atoms with Crippen LogP contribution in [0.15, 0.2) is 0 Å². The lowest BCUT2D eigenvalue weighted by Gasteiger charge is -2.18. The van der Waals surface area contributed by atoms with Gasteiger partial charge in [0.05, 0.1) is 0 Å². The number of carbonyl (C=O) groups excluding carboxylic acids is 1. The van der Waals surface area contributed by atoms with Crippen molar-refractivity contribution in [1.82, 2.24) is 0 Å². The van der Waals surface area contributed by atoms with Crippen molar-refractivity contribution >= 4 is 11.9 Å². The van der Waals surface area contributed by atoms with Crippen LogP contribution in [0.25, 0.3) is 0 Å². The van der Waals surface area contributed by atoms with Crippen LogP contribution in [0.3, 0.4) is 0 Å². The number of hydrogen-bond donors (Lipinski definition) is 1. The van der Waals surface area contributed by atoms with E-state index >= 15 is 0 Å². The SMILES string of the molecule is CCCCCCCCCCCCCCCC(=O)OC(CCCCCC)CCCCCCCCCCCCCCC(=O)O. The topological polar surface area (TPSA) is 63.6 Å². The lowest BCUT2D eigenvalue weighted by atomic mass is 10.0. The fraction of sp³-hybridized carbons (Fsp3) is 0.947. The molecule has 0 aromatic carbocycles. The number of carboxylic acid groups (broad SMARTS) is 1. The molecule has 0 radical (unpaired) electrons. The van der Waals surface area contributed by atoms with E-state index in [0.29, 0.717) is 12.8 Å². The number of aliphatic carboxylic acids is 1. The largest absolute Gasteiger partial charge is 0.481 e. The third-order valence-electron chi connectivity index (χ3n) is 8.83. The van der Waals surface area contributed by atoms with E-state index < -0.39 is 5.97 Å². The molecule has 0 spiro atoms. The van der Waals surface area contributed by atoms with Crippen molar-refractivity contribution in [2.45, 2.75) is 232 Å². The zero-order chi connectivity index (χ0) is 30.8. The van der Waals surface area contributed by atoms with E-state index in [-0.39, 0.29) is 12.1 Å². The van der Waals surface area contributed by atoms with Crippen molar-refractivity contribution in [2.75, 3.05) is 0 Å². The first-order valence-corrected chi connectivity index (χ1v) is 19.0. The monoisotopic (exact) mass is 595 g/mol. The zero-order valence-electron chi connectivity index (χ0n) is 28.6. The minimum atomic E-state index is -0.668. The average Bonchev–Trinajstić information content (AvgIpc) is 2.97. The molecule has 0 aliphatic carbocycles. The molecule has 0 aromatic rings. The van der Waals surface area contributed by atoms with Gasteiger partial charge >= 0.3 is 11.9 Å². The molecule has 0 amide bonds. The molecular weight excluding hydrogens is 520 g/mol. The molecule has 0 heterocycles. The second-order valence-corrected chi connectivity index (χ2v) is 13.1. The van der Waals surface area contributed by atoms with Crippen LogP contribution < -0.4 is 0 Å². The predicted molar refractivity (Wildman–Crippen MR) is 181 cm³/mol. The van der Waals surface area contributed by atoms with Gasteiger partial charge in [-0.15, -0.1) is 0 Å². The molecule has 0 aliphatic rings. The number of carbonyl (C=O) groups is 2. The smallest absolute Gasteiger partial charge is 0.306 e. The Morgan fingerprint density at radius 1 is 0.429 bits per heavy atom. The van der Waals surface area contributed by atoms with E-state index in [2.05, 4.69) is 13.8 Å². The van der Waals surface area contributed by atoms with E-state index in [4.69, 9.17) is 9.84 Å². The summed E-state index contributed by atoms with van der Waals surface area (Å²) in [6.07, 6.45) is 40.0. The van der Waals surface area contributed by atoms with Crippen LogP contribution in [0.4, 0.5) is 0 Å². The lowest BCUT2D eigenvalue weighted by Crippen LogP contribution is -2.18. The quantitative estimate of drug-likeness (QED) is 0.0585. The van der Waals surface area contributed by atoms with Gasteiger partial charge in [-0.1, -0.05) is 174 Å². The van der Waals surface area contributed by atoms with Gasteiger partial charge in [-0.25, -0.2) is 0 Å². The molecule has 0 saturated carbocycles. The summed E-state index contributed by atoms with van der Waals surface area (Å²) >= 11 is 0. The fourth-order valence-corrected chi connectivity index (χ4v) is 6.01. The standard InChI is InChI=1S/C38H74O4/c1-3-5-7-9-10-11-12-13-18-21-24-27-31-35-38(41)42-36(32-28-8-6-4-2)33-29-25-22-19-16-14-15-17-20-23-26-30-34-37(39)40/h36H,3-35H2,1-2H3,(H,39,40). The molecule has 42 heavy (non-hydrogen) atoms. The molecule has 1 unspecified atom stereocenters. The summed E-state index contributed by atoms with van der Waals surface area (Å²) < 4.78 is 5.99. The van der Waals surface area contributed by atoms with Gasteiger partial charge in [-0.3, -0.25) is 9.59 Å². The number of hydrogen-bond acceptors (Lipinski definition) is 3. The fourth-order valence-electron chi connectivity index (χ4n) is 6.01. The Labute approximate surface area is 262 Å². The zero-order valence-corrected chi connectivity index (χ0v) is 28.6. The van der Waals surface area contributed by atoms with Crippen molar-refractivity contribution < 1.29 is 19.4 Å². The van der Waals surface area contributed by atoms with Crippen molar-refractivity contribution in [3.8, 4) is 0 Å². The Bertz CT molecular complexity index is 561. The first-order chi connectivity index (χ1) is 20.6. The van der Waals surface area contributed by atoms with Gasteiger partial charge in [0.25, 0.3) is 0 Å². The second-order valence-electron chi connectivity index (χ2n) is 13.1. The van der Waals surface area contributed by atoms with Gasteiger partial charge in [-0.2, -0.15) is 0 Å². The lowest BCUT2D eigenvalue weighted by molar-refractivity contribution is -0.150. The Morgan fingerprint density at radius 2 is 0.714 bits per heavy atom. The Balaban J connectivity index is 3.78. The molecule has 1 atom stereocenters. The molecular formula is C38H74O4. The van der Waals surface area contributed by atoms with Gasteiger partial charge in [0.2, 0.25) is 0 Å². The molecule has 0 aromatic heterocycles. The molecule has 4 heteroatoms. The van der Waals surface area contributed by atoms with E-state index in [1.165, 1.54) is 167 Å². The second kappa shape index (κ2) is 34.4. The number of ether oxygens (including phenoxy) is 1. The highest BCUT2D eigenvalue weighted by Gasteiger charge is 2.14. The molecule has 0 saturated heterocycles. The first-order valence-electron chi connectivity index (χ1n) is 19.0. The van der Waals surface area contributed by atoms with E-state index in [0.717, 1.165) is 32.1 Å². The van der Waals surface area contributed by atoms with Crippen molar-refractivity contribution in [3.63, 3.8) is 0 Å². The Hall–Kier alpha value is -1.06. The highest BCUT2D eigenvalue weighted by atomic mass is 16.5. The highest BCUT2D eigenvalue weighted by Crippen LogP contribution is 2.19. The number of rotatable bonds is 35. The summed E-state index contributed by atoms with van der Waals surface area (Å²) in [5.74, 6) is -0.626. The molecule has 0 bridgehead atoms. The molecule has 250 valence electrons. The normalized spacial score (nSPS) is 12.0. The number of carboxylic acids is 1. The number of unbranched alkanes of at least 4 members (excludes halogenated alkanes) is 26. The van der Waals surface area contributed by atoms with Crippen LogP contribution in [-0.4, -0.2) is 23.1 Å². The van der Waals surface area contributed by atoms with E-state index in [1.54, 1.807) is 0 Å². The summed E-state index contributed by atoms with van der Waals surface area (Å²) in [5, 5.41) is 8.67. The summed E-state index contributed by atoms with van der Waals surface area (Å²) in [6, 6.07) is 0. The minimum absolute atomic E-state index is 0.0421. The van der Waals surface area contributed by atoms with Crippen LogP contribution in [-0.2, 0) is 14.3 Å². The summed E-state index contributed by atoms with van der Waals surface area (Å²) in [6.45, 7) is 4.53. The van der Waals surface area contributed by atoms with Crippen LogP contribution >= 0.6 is 0 Å². The van der Waals surface area contributed by atoms with Crippen LogP contribution in [0.5, 0.6) is 0 Å². The molecule has 0 rings (SSSR count). The summed E-state index contributed by atoms with van der Waals surface area (Å²) in [7, 11) is 0. The highest BCUT2D eigenvalue weighted by molar-refractivity contribution is 5.69. The van der Waals surface area contributed by atoms with Crippen molar-refractivity contribution in [2.24, 2.45) is 0 Å². The van der Waals surface area contributed by atoms with Gasteiger partial charge in [0, 0.05) is 12.8 Å². The molecule has 0 aliphatic heterocycles. The van der Waals surface area contributed by atoms with Crippen LogP contribution in [0, 0.1) is 0 Å². The average molecular weight is 595 g/mol. The van der Waals surface area contributed by atoms with E-state index in [9.17, 15) is 9.59 Å². The maximum atomic E-state index is 12.6. The van der Waals surface area contributed by atoms with Crippen molar-refractivity contribution in [3.05, 3.63) is 0 Å². The summed E-state index contributed by atoms with van der Waals surface area (Å²) in [5.41, 5.74) is 0. The Kier molecular flexibility index (Phi) is 33.6. The molecule has 0 fully saturated rings. The van der Waals surface area contributed by atoms with Crippen LogP contribution in [0.2, 0.25) is 0 Å². The first kappa shape index (κ1) is 40.9. The van der Waals surface area contributed by atoms with Gasteiger partial charge in [0.1, 0.15) is 6.10 Å². The predicted octanol–water partition coefficient (Wildman–Crippen LogP) is 12.9. The maximum absolute atomic E-state index is 12.6. The van der Waals surface area contributed by atoms with Crippen molar-refractivity contribution in [1.29, 1.82) is 0 Å². The number of esters is 1. The van der Waals surface area contributed by atoms with Gasteiger partial charge in [-0.05, 0) is 38.5 Å². The van der Waals surface area contributed by atoms with E-state index in [1.807, 2.05) is 0 Å². The maximum Gasteiger partial charge on any atom is 0.306 e. The molecule has 4 nitrogen and oxygen atoms in total. The summed E-state index contributed by atoms with van der Waals surface area (Å²) in [4.78, 5) is 23.1. The third kappa shape index (κ3) is 33.4.